The van der Waals surface area contributed by atoms with Crippen molar-refractivity contribution in [2.75, 3.05) is 0 Å². The SMILES string of the molecule is Fc1cccc2c1oc1ccccc12.c1ccc2c(c1)oc1ccccc12. The summed E-state index contributed by atoms with van der Waals surface area (Å²) in [5, 5.41) is 4.18. The maximum atomic E-state index is 13.3. The Labute approximate surface area is 154 Å². The minimum atomic E-state index is -0.307. The van der Waals surface area contributed by atoms with Crippen LogP contribution in [0, 0.1) is 5.82 Å². The lowest BCUT2D eigenvalue weighted by Gasteiger charge is -1.88. The number of hydrogen-bond acceptors (Lipinski definition) is 2. The van der Waals surface area contributed by atoms with Gasteiger partial charge in [-0.05, 0) is 24.3 Å². The molecule has 0 saturated carbocycles. The third-order valence-electron chi connectivity index (χ3n) is 4.64. The molecule has 2 aromatic heterocycles. The third-order valence-corrected chi connectivity index (χ3v) is 4.64. The molecule has 0 bridgehead atoms. The first kappa shape index (κ1) is 15.6. The van der Waals surface area contributed by atoms with Crippen LogP contribution in [0.25, 0.3) is 43.9 Å². The minimum absolute atomic E-state index is 0.307. The van der Waals surface area contributed by atoms with Gasteiger partial charge in [-0.1, -0.05) is 66.7 Å². The molecule has 0 radical (unpaired) electrons. The van der Waals surface area contributed by atoms with Gasteiger partial charge in [-0.25, -0.2) is 4.39 Å². The zero-order valence-electron chi connectivity index (χ0n) is 14.4. The Balaban J connectivity index is 0.000000119. The number of furan rings is 2. The van der Waals surface area contributed by atoms with Crippen molar-refractivity contribution in [3.05, 3.63) is 96.8 Å². The standard InChI is InChI=1S/C12H7FO.C12H8O/c13-10-6-3-5-9-8-4-1-2-7-11(8)14-12(9)10;1-3-7-11-9(5-1)10-6-2-4-8-12(10)13-11/h1-7H;1-8H. The fourth-order valence-corrected chi connectivity index (χ4v) is 3.39. The van der Waals surface area contributed by atoms with Gasteiger partial charge >= 0.3 is 0 Å². The average molecular weight is 354 g/mol. The molecule has 0 atom stereocenters. The van der Waals surface area contributed by atoms with Crippen LogP contribution in [0.5, 0.6) is 0 Å². The molecule has 0 spiro atoms. The molecule has 0 fully saturated rings. The lowest BCUT2D eigenvalue weighted by atomic mass is 10.1. The number of benzene rings is 4. The molecular weight excluding hydrogens is 339 g/mol. The van der Waals surface area contributed by atoms with Gasteiger partial charge in [0.15, 0.2) is 11.4 Å². The normalized spacial score (nSPS) is 11.1. The summed E-state index contributed by atoms with van der Waals surface area (Å²) in [5.74, 6) is -0.307. The molecule has 3 heteroatoms. The van der Waals surface area contributed by atoms with Gasteiger partial charge in [-0.2, -0.15) is 0 Å². The smallest absolute Gasteiger partial charge is 0.171 e. The molecule has 0 aliphatic rings. The summed E-state index contributed by atoms with van der Waals surface area (Å²) in [6.45, 7) is 0. The van der Waals surface area contributed by atoms with E-state index in [1.807, 2.05) is 66.7 Å². The lowest BCUT2D eigenvalue weighted by molar-refractivity contribution is 0.584. The lowest BCUT2D eigenvalue weighted by Crippen LogP contribution is -1.71. The molecule has 6 rings (SSSR count). The number of rotatable bonds is 0. The van der Waals surface area contributed by atoms with E-state index in [1.165, 1.54) is 16.8 Å². The highest BCUT2D eigenvalue weighted by Gasteiger charge is 2.08. The predicted molar refractivity (Wildman–Crippen MR) is 107 cm³/mol. The quantitative estimate of drug-likeness (QED) is 0.286. The van der Waals surface area contributed by atoms with Crippen molar-refractivity contribution in [3.63, 3.8) is 0 Å². The minimum Gasteiger partial charge on any atom is -0.456 e. The highest BCUT2D eigenvalue weighted by molar-refractivity contribution is 6.05. The van der Waals surface area contributed by atoms with E-state index < -0.39 is 0 Å². The van der Waals surface area contributed by atoms with Crippen LogP contribution < -0.4 is 0 Å². The Morgan fingerprint density at radius 2 is 0.889 bits per heavy atom. The van der Waals surface area contributed by atoms with Gasteiger partial charge in [0.2, 0.25) is 0 Å². The van der Waals surface area contributed by atoms with Gasteiger partial charge in [0.05, 0.1) is 0 Å². The van der Waals surface area contributed by atoms with Crippen LogP contribution in [0.4, 0.5) is 4.39 Å². The maximum absolute atomic E-state index is 13.3. The number of halogens is 1. The molecule has 6 aromatic rings. The Morgan fingerprint density at radius 1 is 0.444 bits per heavy atom. The van der Waals surface area contributed by atoms with E-state index in [-0.39, 0.29) is 5.82 Å². The van der Waals surface area contributed by atoms with Crippen LogP contribution in [-0.4, -0.2) is 0 Å². The summed E-state index contributed by atoms with van der Waals surface area (Å²) in [6.07, 6.45) is 0. The van der Waals surface area contributed by atoms with E-state index in [0.29, 0.717) is 5.58 Å². The first-order chi connectivity index (χ1) is 13.3. The van der Waals surface area contributed by atoms with Gasteiger partial charge in [0.1, 0.15) is 16.7 Å². The molecule has 2 nitrogen and oxygen atoms in total. The average Bonchev–Trinajstić information content (AvgIpc) is 3.28. The van der Waals surface area contributed by atoms with E-state index >= 15 is 0 Å². The molecule has 0 N–H and O–H groups in total. The topological polar surface area (TPSA) is 26.3 Å². The van der Waals surface area contributed by atoms with Crippen LogP contribution in [-0.2, 0) is 0 Å². The second-order valence-corrected chi connectivity index (χ2v) is 6.31. The fourth-order valence-electron chi connectivity index (χ4n) is 3.39. The fraction of sp³-hybridized carbons (Fsp3) is 0. The molecule has 0 amide bonds. The van der Waals surface area contributed by atoms with Crippen LogP contribution >= 0.6 is 0 Å². The number of para-hydroxylation sites is 4. The highest BCUT2D eigenvalue weighted by atomic mass is 19.1. The van der Waals surface area contributed by atoms with Gasteiger partial charge in [-0.3, -0.25) is 0 Å². The van der Waals surface area contributed by atoms with E-state index in [4.69, 9.17) is 8.83 Å². The summed E-state index contributed by atoms with van der Waals surface area (Å²) >= 11 is 0. The Morgan fingerprint density at radius 3 is 1.48 bits per heavy atom. The van der Waals surface area contributed by atoms with E-state index in [0.717, 1.165) is 27.5 Å². The second kappa shape index (κ2) is 6.29. The van der Waals surface area contributed by atoms with Crippen LogP contribution in [0.2, 0.25) is 0 Å². The largest absolute Gasteiger partial charge is 0.456 e. The molecule has 130 valence electrons. The van der Waals surface area contributed by atoms with Crippen molar-refractivity contribution in [2.45, 2.75) is 0 Å². The van der Waals surface area contributed by atoms with Crippen molar-refractivity contribution in [2.24, 2.45) is 0 Å². The first-order valence-electron chi connectivity index (χ1n) is 8.73. The van der Waals surface area contributed by atoms with Crippen molar-refractivity contribution in [1.29, 1.82) is 0 Å². The van der Waals surface area contributed by atoms with E-state index in [9.17, 15) is 4.39 Å². The van der Waals surface area contributed by atoms with E-state index in [1.54, 1.807) is 6.07 Å². The molecule has 0 saturated heterocycles. The van der Waals surface area contributed by atoms with Gasteiger partial charge in [0.25, 0.3) is 0 Å². The van der Waals surface area contributed by atoms with E-state index in [2.05, 4.69) is 12.1 Å². The monoisotopic (exact) mass is 354 g/mol. The molecule has 2 heterocycles. The molecule has 0 aliphatic carbocycles. The van der Waals surface area contributed by atoms with Crippen LogP contribution in [0.15, 0.2) is 99.8 Å². The second-order valence-electron chi connectivity index (χ2n) is 6.31. The third kappa shape index (κ3) is 2.64. The zero-order chi connectivity index (χ0) is 18.2. The Hall–Kier alpha value is -3.59. The number of fused-ring (bicyclic) bond motifs is 6. The first-order valence-corrected chi connectivity index (χ1v) is 8.73. The summed E-state index contributed by atoms with van der Waals surface area (Å²) in [4.78, 5) is 0. The summed E-state index contributed by atoms with van der Waals surface area (Å²) in [5.41, 5.74) is 2.99. The molecule has 4 aromatic carbocycles. The highest BCUT2D eigenvalue weighted by Crippen LogP contribution is 2.30. The molecule has 0 aliphatic heterocycles. The Kier molecular flexibility index (Phi) is 3.65. The Bertz CT molecular complexity index is 1340. The van der Waals surface area contributed by atoms with Crippen molar-refractivity contribution in [3.8, 4) is 0 Å². The number of hydrogen-bond donors (Lipinski definition) is 0. The van der Waals surface area contributed by atoms with Gasteiger partial charge in [0, 0.05) is 21.5 Å². The van der Waals surface area contributed by atoms with Crippen molar-refractivity contribution < 1.29 is 13.2 Å². The van der Waals surface area contributed by atoms with Crippen LogP contribution in [0.1, 0.15) is 0 Å². The van der Waals surface area contributed by atoms with Crippen LogP contribution in [0.3, 0.4) is 0 Å². The predicted octanol–water partition coefficient (Wildman–Crippen LogP) is 7.31. The maximum Gasteiger partial charge on any atom is 0.171 e. The van der Waals surface area contributed by atoms with Crippen molar-refractivity contribution >= 4 is 43.9 Å². The summed E-state index contributed by atoms with van der Waals surface area (Å²) in [7, 11) is 0. The molecule has 0 unspecified atom stereocenters. The summed E-state index contributed by atoms with van der Waals surface area (Å²) < 4.78 is 24.4. The molecule has 27 heavy (non-hydrogen) atoms. The molecular formula is C24H15FO2. The van der Waals surface area contributed by atoms with Gasteiger partial charge in [-0.15, -0.1) is 0 Å². The zero-order valence-corrected chi connectivity index (χ0v) is 14.4. The van der Waals surface area contributed by atoms with Gasteiger partial charge < -0.3 is 8.83 Å². The van der Waals surface area contributed by atoms with Crippen molar-refractivity contribution in [1.82, 2.24) is 0 Å². The summed E-state index contributed by atoms with van der Waals surface area (Å²) in [6, 6.07) is 28.7.